The van der Waals surface area contributed by atoms with Gasteiger partial charge in [-0.3, -0.25) is 0 Å². The summed E-state index contributed by atoms with van der Waals surface area (Å²) in [6.07, 6.45) is 0. The van der Waals surface area contributed by atoms with Crippen LogP contribution >= 0.6 is 0 Å². The molecule has 0 bridgehead atoms. The molecule has 0 spiro atoms. The van der Waals surface area contributed by atoms with Crippen molar-refractivity contribution in [1.82, 2.24) is 0 Å². The average molecular weight is 588 g/mol. The predicted molar refractivity (Wildman–Crippen MR) is 193 cm³/mol. The maximum atomic E-state index is 6.39. The summed E-state index contributed by atoms with van der Waals surface area (Å²) >= 11 is 0. The van der Waals surface area contributed by atoms with Crippen LogP contribution in [0.3, 0.4) is 0 Å². The summed E-state index contributed by atoms with van der Waals surface area (Å²) in [7, 11) is 0. The van der Waals surface area contributed by atoms with E-state index in [1.807, 2.05) is 12.1 Å². The van der Waals surface area contributed by atoms with Gasteiger partial charge in [-0.25, -0.2) is 0 Å². The number of nitrogens with zero attached hydrogens (tertiary/aromatic N) is 1. The lowest BCUT2D eigenvalue weighted by atomic mass is 9.90. The monoisotopic (exact) mass is 587 g/mol. The van der Waals surface area contributed by atoms with Gasteiger partial charge in [0.05, 0.1) is 5.69 Å². The first kappa shape index (κ1) is 26.3. The molecule has 1 heterocycles. The van der Waals surface area contributed by atoms with Gasteiger partial charge in [0.2, 0.25) is 0 Å². The Balaban J connectivity index is 1.21. The smallest absolute Gasteiger partial charge is 0.135 e. The minimum absolute atomic E-state index is 0.903. The second kappa shape index (κ2) is 10.8. The maximum Gasteiger partial charge on any atom is 0.135 e. The van der Waals surface area contributed by atoms with Gasteiger partial charge in [0.1, 0.15) is 11.5 Å². The summed E-state index contributed by atoms with van der Waals surface area (Å²) < 4.78 is 6.39. The van der Waals surface area contributed by atoms with Crippen molar-refractivity contribution in [3.63, 3.8) is 0 Å². The molecule has 2 nitrogen and oxygen atoms in total. The Morgan fingerprint density at radius 1 is 0.370 bits per heavy atom. The lowest BCUT2D eigenvalue weighted by Crippen LogP contribution is -2.10. The summed E-state index contributed by atoms with van der Waals surface area (Å²) in [5.74, 6) is 1.81. The number of rotatable bonds is 5. The first-order valence-electron chi connectivity index (χ1n) is 15.7. The highest BCUT2D eigenvalue weighted by Crippen LogP contribution is 2.49. The number of benzene rings is 8. The van der Waals surface area contributed by atoms with Gasteiger partial charge < -0.3 is 9.64 Å². The highest BCUT2D eigenvalue weighted by molar-refractivity contribution is 6.10. The highest BCUT2D eigenvalue weighted by atomic mass is 16.5. The zero-order valence-corrected chi connectivity index (χ0v) is 25.1. The van der Waals surface area contributed by atoms with E-state index in [1.54, 1.807) is 0 Å². The molecule has 2 heteroatoms. The van der Waals surface area contributed by atoms with Crippen LogP contribution in [0, 0.1) is 0 Å². The van der Waals surface area contributed by atoms with Crippen molar-refractivity contribution in [1.29, 1.82) is 0 Å². The van der Waals surface area contributed by atoms with E-state index in [0.717, 1.165) is 45.1 Å². The summed E-state index contributed by atoms with van der Waals surface area (Å²) in [5.41, 5.74) is 10.4. The maximum absolute atomic E-state index is 6.39. The zero-order chi connectivity index (χ0) is 30.5. The van der Waals surface area contributed by atoms with Crippen LogP contribution in [-0.2, 0) is 0 Å². The molecule has 216 valence electrons. The largest absolute Gasteiger partial charge is 0.456 e. The molecule has 8 aromatic rings. The second-order valence-corrected chi connectivity index (χ2v) is 11.7. The first-order valence-corrected chi connectivity index (χ1v) is 15.7. The van der Waals surface area contributed by atoms with Gasteiger partial charge in [-0.2, -0.15) is 0 Å². The molecule has 0 fully saturated rings. The summed E-state index contributed by atoms with van der Waals surface area (Å²) in [5, 5.41) is 4.77. The minimum Gasteiger partial charge on any atom is -0.456 e. The molecule has 46 heavy (non-hydrogen) atoms. The van der Waals surface area contributed by atoms with Crippen molar-refractivity contribution >= 4 is 38.6 Å². The molecule has 0 N–H and O–H groups in total. The third kappa shape index (κ3) is 4.35. The Hall–Kier alpha value is -6.12. The van der Waals surface area contributed by atoms with Crippen molar-refractivity contribution in [2.24, 2.45) is 0 Å². The van der Waals surface area contributed by atoms with Crippen molar-refractivity contribution in [3.8, 4) is 44.9 Å². The molecule has 0 aliphatic carbocycles. The van der Waals surface area contributed by atoms with Crippen LogP contribution in [0.15, 0.2) is 176 Å². The summed E-state index contributed by atoms with van der Waals surface area (Å²) in [4.78, 5) is 2.38. The Morgan fingerprint density at radius 2 is 1.04 bits per heavy atom. The predicted octanol–water partition coefficient (Wildman–Crippen LogP) is 12.6. The van der Waals surface area contributed by atoms with Crippen LogP contribution in [0.2, 0.25) is 0 Å². The molecule has 8 aromatic carbocycles. The van der Waals surface area contributed by atoms with Gasteiger partial charge in [-0.05, 0) is 81.1 Å². The van der Waals surface area contributed by atoms with E-state index < -0.39 is 0 Å². The minimum atomic E-state index is 0.903. The molecule has 9 rings (SSSR count). The van der Waals surface area contributed by atoms with Gasteiger partial charge in [0, 0.05) is 27.7 Å². The molecular formula is C44H29NO. The number of ether oxygens (including phenoxy) is 1. The zero-order valence-electron chi connectivity index (χ0n) is 25.1. The normalized spacial score (nSPS) is 11.7. The van der Waals surface area contributed by atoms with Crippen LogP contribution < -0.4 is 9.64 Å². The number of para-hydroxylation sites is 1. The van der Waals surface area contributed by atoms with Gasteiger partial charge in [-0.15, -0.1) is 0 Å². The Bertz CT molecular complexity index is 2390. The lowest BCUT2D eigenvalue weighted by Gasteiger charge is -2.28. The quantitative estimate of drug-likeness (QED) is 0.199. The van der Waals surface area contributed by atoms with Crippen LogP contribution in [0.4, 0.5) is 17.1 Å². The first-order chi connectivity index (χ1) is 22.8. The van der Waals surface area contributed by atoms with Gasteiger partial charge in [0.25, 0.3) is 0 Å². The summed E-state index contributed by atoms with van der Waals surface area (Å²) in [6.45, 7) is 0. The molecular weight excluding hydrogens is 558 g/mol. The van der Waals surface area contributed by atoms with Crippen molar-refractivity contribution in [2.75, 3.05) is 4.90 Å². The molecule has 0 radical (unpaired) electrons. The molecule has 1 aliphatic heterocycles. The van der Waals surface area contributed by atoms with E-state index in [2.05, 4.69) is 169 Å². The third-order valence-corrected chi connectivity index (χ3v) is 9.06. The van der Waals surface area contributed by atoms with E-state index in [0.29, 0.717) is 0 Å². The molecule has 0 amide bonds. The number of hydrogen-bond acceptors (Lipinski definition) is 2. The highest BCUT2D eigenvalue weighted by Gasteiger charge is 2.22. The number of fused-ring (bicyclic) bond motifs is 3. The van der Waals surface area contributed by atoms with E-state index >= 15 is 0 Å². The number of hydrogen-bond donors (Lipinski definition) is 0. The molecule has 0 unspecified atom stereocenters. The van der Waals surface area contributed by atoms with Crippen molar-refractivity contribution in [2.45, 2.75) is 0 Å². The number of anilines is 3. The molecule has 0 atom stereocenters. The van der Waals surface area contributed by atoms with E-state index in [-0.39, 0.29) is 0 Å². The summed E-state index contributed by atoms with van der Waals surface area (Å²) in [6, 6.07) is 62.7. The fraction of sp³-hybridized carbons (Fsp3) is 0. The van der Waals surface area contributed by atoms with Crippen LogP contribution in [0.5, 0.6) is 11.5 Å². The molecule has 0 saturated carbocycles. The van der Waals surface area contributed by atoms with Gasteiger partial charge >= 0.3 is 0 Å². The van der Waals surface area contributed by atoms with Gasteiger partial charge in [-0.1, -0.05) is 133 Å². The van der Waals surface area contributed by atoms with Gasteiger partial charge in [0.15, 0.2) is 0 Å². The van der Waals surface area contributed by atoms with Crippen LogP contribution in [0.25, 0.3) is 54.9 Å². The fourth-order valence-electron chi connectivity index (χ4n) is 6.91. The standard InChI is InChI=1S/C44H29NO/c1-2-11-30(12-3-1)31-23-25-34(26-24-31)45(41-21-9-14-32-13-4-5-17-37(32)41)35-16-8-15-33(29-35)36-27-28-43-44-39(36)19-10-20-40(44)38-18-6-7-22-42(38)46-43/h1-29H. The Morgan fingerprint density at radius 3 is 1.96 bits per heavy atom. The van der Waals surface area contributed by atoms with Crippen LogP contribution in [0.1, 0.15) is 0 Å². The third-order valence-electron chi connectivity index (χ3n) is 9.06. The topological polar surface area (TPSA) is 12.5 Å². The average Bonchev–Trinajstić information content (AvgIpc) is 3.13. The van der Waals surface area contributed by atoms with Crippen LogP contribution in [-0.4, -0.2) is 0 Å². The second-order valence-electron chi connectivity index (χ2n) is 11.7. The SMILES string of the molecule is c1ccc(-c2ccc(N(c3cccc(-c4ccc5c6c(cccc46)-c4ccccc4O5)c3)c3cccc4ccccc34)cc2)cc1. The lowest BCUT2D eigenvalue weighted by molar-refractivity contribution is 0.487. The molecule has 0 saturated heterocycles. The Labute approximate surface area is 268 Å². The molecule has 0 aromatic heterocycles. The Kier molecular flexibility index (Phi) is 6.17. The van der Waals surface area contributed by atoms with Crippen molar-refractivity contribution in [3.05, 3.63) is 176 Å². The molecule has 1 aliphatic rings. The van der Waals surface area contributed by atoms with Crippen molar-refractivity contribution < 1.29 is 4.74 Å². The fourth-order valence-corrected chi connectivity index (χ4v) is 6.91. The van der Waals surface area contributed by atoms with E-state index in [1.165, 1.54) is 38.4 Å². The van der Waals surface area contributed by atoms with E-state index in [4.69, 9.17) is 4.74 Å². The van der Waals surface area contributed by atoms with E-state index in [9.17, 15) is 0 Å².